The number of hydrogen-bond acceptors (Lipinski definition) is 3. The van der Waals surface area contributed by atoms with Crippen LogP contribution in [0.2, 0.25) is 0 Å². The quantitative estimate of drug-likeness (QED) is 0.534. The van der Waals surface area contributed by atoms with Crippen molar-refractivity contribution >= 4 is 5.91 Å². The molecule has 0 heterocycles. The van der Waals surface area contributed by atoms with E-state index in [4.69, 9.17) is 4.74 Å². The second-order valence-electron chi connectivity index (χ2n) is 3.61. The molecule has 0 saturated heterocycles. The molecule has 0 rings (SSSR count). The number of amides is 1. The molecule has 0 spiro atoms. The van der Waals surface area contributed by atoms with Gasteiger partial charge in [-0.1, -0.05) is 0 Å². The maximum atomic E-state index is 11.2. The number of rotatable bonds is 10. The summed E-state index contributed by atoms with van der Waals surface area (Å²) >= 11 is 0. The van der Waals surface area contributed by atoms with E-state index in [1.165, 1.54) is 0 Å². The first kappa shape index (κ1) is 14.4. The van der Waals surface area contributed by atoms with Crippen molar-refractivity contribution in [3.8, 4) is 0 Å². The maximum absolute atomic E-state index is 11.2. The topological polar surface area (TPSA) is 50.4 Å². The summed E-state index contributed by atoms with van der Waals surface area (Å²) < 4.78 is 4.94. The van der Waals surface area contributed by atoms with Crippen LogP contribution in [0.15, 0.2) is 0 Å². The van der Waals surface area contributed by atoms with Gasteiger partial charge in [0.05, 0.1) is 0 Å². The molecular formula is C11H24N2O2. The van der Waals surface area contributed by atoms with Crippen LogP contribution in [0.1, 0.15) is 32.1 Å². The summed E-state index contributed by atoms with van der Waals surface area (Å²) in [6.45, 7) is 2.51. The summed E-state index contributed by atoms with van der Waals surface area (Å²) in [5.74, 6) is 0.164. The van der Waals surface area contributed by atoms with E-state index >= 15 is 0 Å². The molecule has 0 aliphatic heterocycles. The predicted octanol–water partition coefficient (Wildman–Crippen LogP) is 0.919. The molecule has 0 unspecified atom stereocenters. The van der Waals surface area contributed by atoms with Crippen LogP contribution >= 0.6 is 0 Å². The minimum Gasteiger partial charge on any atom is -0.385 e. The summed E-state index contributed by atoms with van der Waals surface area (Å²) in [6, 6.07) is 0. The first-order chi connectivity index (χ1) is 7.31. The van der Waals surface area contributed by atoms with Crippen molar-refractivity contribution in [3.63, 3.8) is 0 Å². The zero-order valence-corrected chi connectivity index (χ0v) is 9.97. The molecule has 0 aromatic heterocycles. The van der Waals surface area contributed by atoms with Gasteiger partial charge in [0.2, 0.25) is 5.91 Å². The molecule has 4 heteroatoms. The van der Waals surface area contributed by atoms with Crippen LogP contribution in [0.5, 0.6) is 0 Å². The van der Waals surface area contributed by atoms with E-state index in [1.807, 2.05) is 7.05 Å². The van der Waals surface area contributed by atoms with Crippen LogP contribution in [0.4, 0.5) is 0 Å². The summed E-state index contributed by atoms with van der Waals surface area (Å²) in [4.78, 5) is 11.2. The first-order valence-electron chi connectivity index (χ1n) is 5.71. The highest BCUT2D eigenvalue weighted by atomic mass is 16.5. The average molecular weight is 216 g/mol. The smallest absolute Gasteiger partial charge is 0.220 e. The lowest BCUT2D eigenvalue weighted by Crippen LogP contribution is -2.25. The summed E-state index contributed by atoms with van der Waals surface area (Å²) in [7, 11) is 3.61. The summed E-state index contributed by atoms with van der Waals surface area (Å²) in [5.41, 5.74) is 0. The second kappa shape index (κ2) is 11.5. The third-order valence-corrected chi connectivity index (χ3v) is 2.18. The lowest BCUT2D eigenvalue weighted by Gasteiger charge is -2.04. The van der Waals surface area contributed by atoms with Crippen LogP contribution in [-0.4, -0.2) is 39.8 Å². The van der Waals surface area contributed by atoms with Crippen molar-refractivity contribution in [2.45, 2.75) is 32.1 Å². The van der Waals surface area contributed by atoms with Gasteiger partial charge in [-0.25, -0.2) is 0 Å². The third kappa shape index (κ3) is 11.3. The molecule has 0 aliphatic rings. The molecule has 0 aliphatic carbocycles. The van der Waals surface area contributed by atoms with E-state index < -0.39 is 0 Å². The molecule has 15 heavy (non-hydrogen) atoms. The Kier molecular flexibility index (Phi) is 11.0. The van der Waals surface area contributed by atoms with Crippen molar-refractivity contribution in [2.24, 2.45) is 0 Å². The number of unbranched alkanes of at least 4 members (excludes halogenated alkanes) is 2. The number of carbonyl (C=O) groups excluding carboxylic acids is 1. The molecule has 4 nitrogen and oxygen atoms in total. The zero-order valence-electron chi connectivity index (χ0n) is 9.97. The number of nitrogens with one attached hydrogen (secondary N) is 2. The first-order valence-corrected chi connectivity index (χ1v) is 5.71. The van der Waals surface area contributed by atoms with Crippen molar-refractivity contribution in [1.82, 2.24) is 10.6 Å². The van der Waals surface area contributed by atoms with E-state index in [1.54, 1.807) is 7.11 Å². The average Bonchev–Trinajstić information content (AvgIpc) is 2.23. The molecule has 0 saturated carbocycles. The van der Waals surface area contributed by atoms with Crippen LogP contribution in [0.3, 0.4) is 0 Å². The molecule has 0 aromatic carbocycles. The Labute approximate surface area is 92.8 Å². The Balaban J connectivity index is 3.10. The van der Waals surface area contributed by atoms with Gasteiger partial charge in [0.1, 0.15) is 0 Å². The monoisotopic (exact) mass is 216 g/mol. The Hall–Kier alpha value is -0.610. The standard InChI is InChI=1S/C11H24N2O2/c1-12-8-6-7-11(14)13-9-4-3-5-10-15-2/h12H,3-10H2,1-2H3,(H,13,14). The van der Waals surface area contributed by atoms with Gasteiger partial charge in [0.25, 0.3) is 0 Å². The van der Waals surface area contributed by atoms with E-state index in [9.17, 15) is 4.79 Å². The Bertz CT molecular complexity index is 152. The van der Waals surface area contributed by atoms with Crippen LogP contribution in [0.25, 0.3) is 0 Å². The van der Waals surface area contributed by atoms with E-state index in [0.29, 0.717) is 6.42 Å². The number of methoxy groups -OCH3 is 1. The third-order valence-electron chi connectivity index (χ3n) is 2.18. The predicted molar refractivity (Wildman–Crippen MR) is 61.9 cm³/mol. The Morgan fingerprint density at radius 2 is 1.93 bits per heavy atom. The lowest BCUT2D eigenvalue weighted by molar-refractivity contribution is -0.121. The highest BCUT2D eigenvalue weighted by molar-refractivity contribution is 5.75. The van der Waals surface area contributed by atoms with Gasteiger partial charge in [0, 0.05) is 26.7 Å². The van der Waals surface area contributed by atoms with Gasteiger partial charge in [0.15, 0.2) is 0 Å². The van der Waals surface area contributed by atoms with Gasteiger partial charge in [-0.15, -0.1) is 0 Å². The van der Waals surface area contributed by atoms with E-state index in [2.05, 4.69) is 10.6 Å². The van der Waals surface area contributed by atoms with Gasteiger partial charge >= 0.3 is 0 Å². The fourth-order valence-corrected chi connectivity index (χ4v) is 1.29. The number of carbonyl (C=O) groups is 1. The number of ether oxygens (including phenoxy) is 1. The highest BCUT2D eigenvalue weighted by Crippen LogP contribution is 1.94. The van der Waals surface area contributed by atoms with Gasteiger partial charge in [-0.05, 0) is 39.3 Å². The highest BCUT2D eigenvalue weighted by Gasteiger charge is 1.98. The van der Waals surface area contributed by atoms with E-state index in [-0.39, 0.29) is 5.91 Å². The molecule has 90 valence electrons. The summed E-state index contributed by atoms with van der Waals surface area (Å²) in [5, 5.41) is 5.93. The molecule has 2 N–H and O–H groups in total. The molecule has 0 bridgehead atoms. The SMILES string of the molecule is CNCCCC(=O)NCCCCCOC. The molecular weight excluding hydrogens is 192 g/mol. The molecule has 0 fully saturated rings. The molecule has 0 radical (unpaired) electrons. The second-order valence-corrected chi connectivity index (χ2v) is 3.61. The molecule has 1 amide bonds. The largest absolute Gasteiger partial charge is 0.385 e. The van der Waals surface area contributed by atoms with Crippen molar-refractivity contribution in [2.75, 3.05) is 33.9 Å². The minimum atomic E-state index is 0.164. The molecule has 0 atom stereocenters. The maximum Gasteiger partial charge on any atom is 0.220 e. The fraction of sp³-hybridized carbons (Fsp3) is 0.909. The lowest BCUT2D eigenvalue weighted by atomic mass is 10.2. The van der Waals surface area contributed by atoms with Crippen LogP contribution in [-0.2, 0) is 9.53 Å². The van der Waals surface area contributed by atoms with Crippen molar-refractivity contribution in [1.29, 1.82) is 0 Å². The zero-order chi connectivity index (χ0) is 11.4. The normalized spacial score (nSPS) is 10.3. The molecule has 0 aromatic rings. The minimum absolute atomic E-state index is 0.164. The van der Waals surface area contributed by atoms with Gasteiger partial charge in [-0.3, -0.25) is 4.79 Å². The number of hydrogen-bond donors (Lipinski definition) is 2. The fourth-order valence-electron chi connectivity index (χ4n) is 1.29. The van der Waals surface area contributed by atoms with E-state index in [0.717, 1.165) is 45.4 Å². The van der Waals surface area contributed by atoms with Crippen LogP contribution in [0, 0.1) is 0 Å². The van der Waals surface area contributed by atoms with Crippen LogP contribution < -0.4 is 10.6 Å². The van der Waals surface area contributed by atoms with Crippen molar-refractivity contribution < 1.29 is 9.53 Å². The summed E-state index contributed by atoms with van der Waals surface area (Å²) in [6.07, 6.45) is 4.77. The Morgan fingerprint density at radius 1 is 1.13 bits per heavy atom. The Morgan fingerprint density at radius 3 is 2.60 bits per heavy atom. The van der Waals surface area contributed by atoms with Gasteiger partial charge < -0.3 is 15.4 Å². The van der Waals surface area contributed by atoms with Gasteiger partial charge in [-0.2, -0.15) is 0 Å². The van der Waals surface area contributed by atoms with Crippen molar-refractivity contribution in [3.05, 3.63) is 0 Å².